The van der Waals surface area contributed by atoms with Gasteiger partial charge in [0.05, 0.1) is 6.67 Å². The number of rotatable bonds is 9. The van der Waals surface area contributed by atoms with E-state index in [1.54, 1.807) is 6.07 Å². The van der Waals surface area contributed by atoms with Gasteiger partial charge in [-0.3, -0.25) is 4.39 Å². The summed E-state index contributed by atoms with van der Waals surface area (Å²) < 4.78 is 50.9. The molecule has 1 saturated carbocycles. The molecule has 1 saturated heterocycles. The number of hydrogen-bond donors (Lipinski definition) is 0. The Kier molecular flexibility index (Phi) is 9.48. The predicted molar refractivity (Wildman–Crippen MR) is 120 cm³/mol. The molecule has 168 valence electrons. The zero-order valence-electron chi connectivity index (χ0n) is 18.0. The van der Waals surface area contributed by atoms with Gasteiger partial charge in [0.25, 0.3) is 6.08 Å². The third-order valence-corrected chi connectivity index (χ3v) is 11.1. The van der Waals surface area contributed by atoms with Crippen molar-refractivity contribution >= 4 is 14.9 Å². The summed E-state index contributed by atoms with van der Waals surface area (Å²) >= 11 is 0. The smallest absolute Gasteiger partial charge is 0.251 e. The fourth-order valence-electron chi connectivity index (χ4n) is 5.76. The summed E-state index contributed by atoms with van der Waals surface area (Å²) in [5, 5.41) is 0. The van der Waals surface area contributed by atoms with Crippen LogP contribution in [0.3, 0.4) is 0 Å². The maximum absolute atomic E-state index is 14.0. The van der Waals surface area contributed by atoms with Crippen molar-refractivity contribution in [1.29, 1.82) is 0 Å². The van der Waals surface area contributed by atoms with Crippen molar-refractivity contribution in [2.75, 3.05) is 6.67 Å². The molecule has 1 aliphatic heterocycles. The van der Waals surface area contributed by atoms with Crippen molar-refractivity contribution in [2.24, 2.45) is 17.8 Å². The monoisotopic (exact) mass is 440 g/mol. The molecule has 1 aliphatic carbocycles. The van der Waals surface area contributed by atoms with E-state index < -0.39 is 20.7 Å². The first kappa shape index (κ1) is 23.6. The molecule has 1 heterocycles. The van der Waals surface area contributed by atoms with Crippen LogP contribution in [-0.4, -0.2) is 15.5 Å². The van der Waals surface area contributed by atoms with Crippen LogP contribution in [0.1, 0.15) is 68.9 Å². The Morgan fingerprint density at radius 3 is 2.30 bits per heavy atom. The molecule has 5 heteroatoms. The molecule has 2 aliphatic rings. The summed E-state index contributed by atoms with van der Waals surface area (Å²) in [7, 11) is -0.568. The van der Waals surface area contributed by atoms with Crippen LogP contribution in [0.5, 0.6) is 0 Å². The second-order valence-corrected chi connectivity index (χ2v) is 13.0. The lowest BCUT2D eigenvalue weighted by molar-refractivity contribution is 0.186. The molecule has 30 heavy (non-hydrogen) atoms. The number of alkyl halides is 1. The lowest BCUT2D eigenvalue weighted by atomic mass is 9.73. The molecular formula is C25H36F4Si. The highest BCUT2D eigenvalue weighted by molar-refractivity contribution is 6.58. The number of aryl methyl sites for hydroxylation is 1. The van der Waals surface area contributed by atoms with Crippen LogP contribution >= 0.6 is 0 Å². The van der Waals surface area contributed by atoms with E-state index in [0.29, 0.717) is 12.0 Å². The Morgan fingerprint density at radius 2 is 1.67 bits per heavy atom. The largest absolute Gasteiger partial charge is 0.271 e. The molecule has 0 aromatic heterocycles. The minimum Gasteiger partial charge on any atom is -0.251 e. The molecule has 2 fully saturated rings. The van der Waals surface area contributed by atoms with Crippen LogP contribution in [-0.2, 0) is 6.42 Å². The number of hydrogen-bond acceptors (Lipinski definition) is 0. The first-order chi connectivity index (χ1) is 14.5. The Morgan fingerprint density at radius 1 is 0.967 bits per heavy atom. The molecule has 1 aromatic rings. The van der Waals surface area contributed by atoms with E-state index in [0.717, 1.165) is 43.1 Å². The molecule has 0 nitrogen and oxygen atoms in total. The van der Waals surface area contributed by atoms with Crippen LogP contribution in [0, 0.1) is 23.6 Å². The summed E-state index contributed by atoms with van der Waals surface area (Å²) in [6.07, 6.45) is 10.5. The van der Waals surface area contributed by atoms with Crippen molar-refractivity contribution in [3.63, 3.8) is 0 Å². The standard InChI is InChI=1S/C25H36F4Si/c26-13-1-2-14-30-15-11-22(12-16-30)21-8-5-19(6-9-21)3-4-20-7-10-23(18-25(28)29)24(27)17-20/h7,10,17-19,21-22,30H,1-6,8-9,11-16H2/t19-,21-,22?,30?. The van der Waals surface area contributed by atoms with Gasteiger partial charge in [0.15, 0.2) is 0 Å². The maximum Gasteiger partial charge on any atom is 0.271 e. The van der Waals surface area contributed by atoms with E-state index in [1.807, 2.05) is 0 Å². The number of halogens is 4. The van der Waals surface area contributed by atoms with E-state index in [-0.39, 0.29) is 12.2 Å². The van der Waals surface area contributed by atoms with Gasteiger partial charge in [-0.25, -0.2) is 4.39 Å². The molecule has 0 N–H and O–H groups in total. The van der Waals surface area contributed by atoms with E-state index in [1.165, 1.54) is 68.8 Å². The molecular weight excluding hydrogens is 404 g/mol. The Labute approximate surface area is 180 Å². The number of unbranched alkanes of at least 4 members (excludes halogenated alkanes) is 1. The average Bonchev–Trinajstić information content (AvgIpc) is 2.75. The Hall–Kier alpha value is -1.10. The van der Waals surface area contributed by atoms with Crippen molar-refractivity contribution in [3.05, 3.63) is 41.2 Å². The SMILES string of the molecule is FCCCC[SiH]1CCC([C@H]2CC[C@H](CCc3ccc(C=C(F)F)c(F)c3)CC2)CC1. The van der Waals surface area contributed by atoms with Crippen molar-refractivity contribution in [2.45, 2.75) is 82.3 Å². The van der Waals surface area contributed by atoms with Crippen LogP contribution in [0.15, 0.2) is 24.3 Å². The Bertz CT molecular complexity index is 670. The molecule has 0 bridgehead atoms. The van der Waals surface area contributed by atoms with Crippen LogP contribution in [0.4, 0.5) is 17.6 Å². The first-order valence-electron chi connectivity index (χ1n) is 11.9. The highest BCUT2D eigenvalue weighted by Gasteiger charge is 2.31. The van der Waals surface area contributed by atoms with Gasteiger partial charge in [0.1, 0.15) is 5.82 Å². The quantitative estimate of drug-likeness (QED) is 0.206. The fourth-order valence-corrected chi connectivity index (χ4v) is 9.29. The van der Waals surface area contributed by atoms with Crippen molar-refractivity contribution < 1.29 is 17.6 Å². The third-order valence-electron chi connectivity index (χ3n) is 7.62. The zero-order valence-corrected chi connectivity index (χ0v) is 19.2. The van der Waals surface area contributed by atoms with Gasteiger partial charge < -0.3 is 0 Å². The van der Waals surface area contributed by atoms with Gasteiger partial charge in [-0.1, -0.05) is 62.4 Å². The Balaban J connectivity index is 1.36. The van der Waals surface area contributed by atoms with E-state index in [4.69, 9.17) is 0 Å². The van der Waals surface area contributed by atoms with Crippen molar-refractivity contribution in [3.8, 4) is 0 Å². The van der Waals surface area contributed by atoms with Crippen LogP contribution < -0.4 is 0 Å². The van der Waals surface area contributed by atoms with E-state index in [9.17, 15) is 17.6 Å². The summed E-state index contributed by atoms with van der Waals surface area (Å²) in [6.45, 7) is -0.149. The molecule has 0 radical (unpaired) electrons. The van der Waals surface area contributed by atoms with Crippen LogP contribution in [0.2, 0.25) is 18.1 Å². The second-order valence-electron chi connectivity index (χ2n) is 9.57. The topological polar surface area (TPSA) is 0 Å². The maximum atomic E-state index is 14.0. The molecule has 1 aromatic carbocycles. The zero-order chi connectivity index (χ0) is 21.3. The molecule has 0 amide bonds. The van der Waals surface area contributed by atoms with E-state index in [2.05, 4.69) is 0 Å². The average molecular weight is 441 g/mol. The fraction of sp³-hybridized carbons (Fsp3) is 0.680. The molecule has 0 atom stereocenters. The lowest BCUT2D eigenvalue weighted by Gasteiger charge is -2.37. The number of benzene rings is 1. The highest BCUT2D eigenvalue weighted by Crippen LogP contribution is 2.42. The highest BCUT2D eigenvalue weighted by atomic mass is 28.3. The van der Waals surface area contributed by atoms with Crippen LogP contribution in [0.25, 0.3) is 6.08 Å². The third kappa shape index (κ3) is 7.25. The summed E-state index contributed by atoms with van der Waals surface area (Å²) in [5.74, 6) is 1.95. The lowest BCUT2D eigenvalue weighted by Crippen LogP contribution is -2.28. The van der Waals surface area contributed by atoms with Gasteiger partial charge in [-0.2, -0.15) is 8.78 Å². The van der Waals surface area contributed by atoms with Gasteiger partial charge in [-0.05, 0) is 61.5 Å². The molecule has 3 rings (SSSR count). The summed E-state index contributed by atoms with van der Waals surface area (Å²) in [4.78, 5) is 0. The molecule has 0 unspecified atom stereocenters. The summed E-state index contributed by atoms with van der Waals surface area (Å²) in [5.41, 5.74) is 0.863. The first-order valence-corrected chi connectivity index (χ1v) is 14.4. The van der Waals surface area contributed by atoms with Gasteiger partial charge in [-0.15, -0.1) is 0 Å². The summed E-state index contributed by atoms with van der Waals surface area (Å²) in [6, 6.07) is 8.94. The molecule has 0 spiro atoms. The second kappa shape index (κ2) is 12.1. The van der Waals surface area contributed by atoms with E-state index >= 15 is 0 Å². The van der Waals surface area contributed by atoms with Crippen molar-refractivity contribution in [1.82, 2.24) is 0 Å². The van der Waals surface area contributed by atoms with Gasteiger partial charge >= 0.3 is 0 Å². The normalized spacial score (nSPS) is 27.1. The minimum absolute atomic E-state index is 0.0422. The van der Waals surface area contributed by atoms with Gasteiger partial charge in [0.2, 0.25) is 0 Å². The predicted octanol–water partition coefficient (Wildman–Crippen LogP) is 8.19. The minimum atomic E-state index is -1.87. The van der Waals surface area contributed by atoms with Gasteiger partial charge in [0, 0.05) is 20.4 Å².